The van der Waals surface area contributed by atoms with Crippen molar-refractivity contribution in [3.63, 3.8) is 0 Å². The van der Waals surface area contributed by atoms with Gasteiger partial charge >= 0.3 is 35.8 Å². The van der Waals surface area contributed by atoms with Crippen LogP contribution in [0.1, 0.15) is 170 Å². The van der Waals surface area contributed by atoms with E-state index in [-0.39, 0.29) is 146 Å². The quantitative estimate of drug-likeness (QED) is 0.0263. The largest absolute Gasteiger partial charge is 0.499 e. The van der Waals surface area contributed by atoms with Crippen LogP contribution in [0.25, 0.3) is 0 Å². The molecule has 0 heterocycles. The molecule has 0 amide bonds. The van der Waals surface area contributed by atoms with Gasteiger partial charge in [-0.3, -0.25) is 0 Å². The Morgan fingerprint density at radius 2 is 0.651 bits per heavy atom. The zero-order chi connectivity index (χ0) is 58.9. The summed E-state index contributed by atoms with van der Waals surface area (Å²) in [6.45, 7) is 16.2. The molecule has 0 unspecified atom stereocenters. The van der Waals surface area contributed by atoms with Crippen LogP contribution >= 0.6 is 0 Å². The summed E-state index contributed by atoms with van der Waals surface area (Å²) in [4.78, 5) is 81.2. The molecule has 18 heteroatoms. The molecule has 0 saturated heterocycles. The first-order valence-electron chi connectivity index (χ1n) is 29.1. The lowest BCUT2D eigenvalue weighted by atomic mass is 9.88. The Hall–Kier alpha value is -7.76. The Morgan fingerprint density at radius 3 is 0.940 bits per heavy atom. The molecule has 4 fully saturated rings. The van der Waals surface area contributed by atoms with Crippen molar-refractivity contribution in [2.24, 2.45) is 23.7 Å². The summed E-state index contributed by atoms with van der Waals surface area (Å²) in [5, 5.41) is 0. The molecule has 0 spiro atoms. The maximum absolute atomic E-state index is 13.6. The van der Waals surface area contributed by atoms with Crippen molar-refractivity contribution in [1.82, 2.24) is 0 Å². The van der Waals surface area contributed by atoms with Crippen LogP contribution in [0.15, 0.2) is 106 Å². The normalized spacial score (nSPS) is 22.1. The molecule has 4 aliphatic carbocycles. The summed E-state index contributed by atoms with van der Waals surface area (Å²) in [6, 6.07) is 13.3. The van der Waals surface area contributed by atoms with Gasteiger partial charge < -0.3 is 56.8 Å². The van der Waals surface area contributed by atoms with Crippen LogP contribution in [0, 0.1) is 30.6 Å². The minimum atomic E-state index is -0.833. The Balaban J connectivity index is 0.933. The first kappa shape index (κ1) is 62.8. The van der Waals surface area contributed by atoms with Crippen molar-refractivity contribution < 1.29 is 85.6 Å². The van der Waals surface area contributed by atoms with Gasteiger partial charge in [0.25, 0.3) is 0 Å². The Labute approximate surface area is 486 Å². The second-order valence-corrected chi connectivity index (χ2v) is 21.7. The predicted octanol–water partition coefficient (Wildman–Crippen LogP) is 12.0. The Kier molecular flexibility index (Phi) is 24.8. The molecule has 0 N–H and O–H groups in total. The molecule has 18 nitrogen and oxygen atoms in total. The van der Waals surface area contributed by atoms with Gasteiger partial charge in [-0.1, -0.05) is 37.9 Å². The van der Waals surface area contributed by atoms with Gasteiger partial charge in [-0.25, -0.2) is 28.8 Å². The third kappa shape index (κ3) is 20.0. The van der Waals surface area contributed by atoms with Crippen molar-refractivity contribution in [2.45, 2.75) is 134 Å². The van der Waals surface area contributed by atoms with E-state index >= 15 is 0 Å². The molecule has 3 aromatic rings. The van der Waals surface area contributed by atoms with Gasteiger partial charge in [0.2, 0.25) is 0 Å². The molecule has 4 saturated carbocycles. The molecular weight excluding hydrogens is 1070 g/mol. The van der Waals surface area contributed by atoms with E-state index in [2.05, 4.69) is 26.3 Å². The van der Waals surface area contributed by atoms with E-state index in [1.165, 1.54) is 73.6 Å². The lowest BCUT2D eigenvalue weighted by Gasteiger charge is -2.27. The zero-order valence-electron chi connectivity index (χ0n) is 47.8. The van der Waals surface area contributed by atoms with Crippen molar-refractivity contribution in [3.8, 4) is 11.5 Å². The van der Waals surface area contributed by atoms with Crippen molar-refractivity contribution in [3.05, 3.63) is 145 Å². The summed E-state index contributed by atoms with van der Waals surface area (Å²) in [6.07, 6.45) is 19.3. The molecular formula is C65H80O18. The smallest absolute Gasteiger partial charge is 0.339 e. The summed E-state index contributed by atoms with van der Waals surface area (Å²) in [5.74, 6) is -3.32. The van der Waals surface area contributed by atoms with Crippen molar-refractivity contribution in [2.75, 3.05) is 52.9 Å². The number of benzene rings is 3. The molecule has 0 aromatic heterocycles. The number of ether oxygens (including phenoxy) is 12. The highest BCUT2D eigenvalue weighted by Gasteiger charge is 2.29. The fourth-order valence-electron chi connectivity index (χ4n) is 11.0. The van der Waals surface area contributed by atoms with Crippen LogP contribution in [0.4, 0.5) is 0 Å². The van der Waals surface area contributed by atoms with Gasteiger partial charge in [0.05, 0.1) is 109 Å². The van der Waals surface area contributed by atoms with Crippen LogP contribution in [-0.4, -0.2) is 113 Å². The monoisotopic (exact) mass is 1150 g/mol. The highest BCUT2D eigenvalue weighted by molar-refractivity contribution is 6.03. The number of aryl methyl sites for hydroxylation is 1. The predicted molar refractivity (Wildman–Crippen MR) is 305 cm³/mol. The summed E-state index contributed by atoms with van der Waals surface area (Å²) in [7, 11) is 0. The number of carbonyl (C=O) groups is 6. The van der Waals surface area contributed by atoms with Gasteiger partial charge in [-0.05, 0) is 182 Å². The minimum absolute atomic E-state index is 0.0558. The SMILES string of the molecule is C=COC1CCC(COC(=O)c2cc(OCCOC(=O)c3ccc(C)cc3C(=O)OCCOc3cc(C(=O)OCC4CCC(OC=C)CC4)cc(C(=O)OCC4CCC(OC=C)CC4)c3)cc(C(=O)OCC3CCC(OC=C)CC3)c2)CC1. The Morgan fingerprint density at radius 1 is 0.361 bits per heavy atom. The first-order valence-corrected chi connectivity index (χ1v) is 29.1. The van der Waals surface area contributed by atoms with E-state index < -0.39 is 35.8 Å². The second kappa shape index (κ2) is 32.8. The van der Waals surface area contributed by atoms with Crippen LogP contribution in [0.2, 0.25) is 0 Å². The van der Waals surface area contributed by atoms with Crippen LogP contribution in [0.5, 0.6) is 11.5 Å². The fourth-order valence-corrected chi connectivity index (χ4v) is 11.0. The highest BCUT2D eigenvalue weighted by atomic mass is 16.6. The second-order valence-electron chi connectivity index (χ2n) is 21.7. The average Bonchev–Trinajstić information content (AvgIpc) is 3.64. The Bertz CT molecular complexity index is 2550. The first-order chi connectivity index (χ1) is 40.3. The molecule has 0 aliphatic heterocycles. The molecule has 0 bridgehead atoms. The van der Waals surface area contributed by atoms with E-state index in [1.54, 1.807) is 13.0 Å². The lowest BCUT2D eigenvalue weighted by molar-refractivity contribution is 0.0297. The maximum Gasteiger partial charge on any atom is 0.339 e. The standard InChI is InChI=1S/C65H80O18/c1-6-72-52-19-11-44(12-20-52)39-80-60(66)48-33-49(61(67)81-40-45-13-21-53(22-14-45)73-7-2)36-56(35-48)76-28-30-78-64(70)58-27-10-43(5)32-59(58)65(71)79-31-29-77-57-37-50(62(68)82-41-46-15-23-54(24-16-46)74-8-3)34-51(38-57)63(69)83-42-47-17-25-55(26-18-47)75-9-4/h6-10,27,32-38,44-47,52-55H,1-4,11-26,28-31,39-42H2,5H3. The minimum Gasteiger partial charge on any atom is -0.499 e. The summed E-state index contributed by atoms with van der Waals surface area (Å²) >= 11 is 0. The summed E-state index contributed by atoms with van der Waals surface area (Å²) < 4.78 is 68.2. The lowest BCUT2D eigenvalue weighted by Crippen LogP contribution is -2.24. The van der Waals surface area contributed by atoms with Crippen LogP contribution in [0.3, 0.4) is 0 Å². The number of hydrogen-bond acceptors (Lipinski definition) is 18. The van der Waals surface area contributed by atoms with Gasteiger partial charge in [0.1, 0.15) is 37.9 Å². The third-order valence-electron chi connectivity index (χ3n) is 15.7. The van der Waals surface area contributed by atoms with Crippen LogP contribution < -0.4 is 9.47 Å². The van der Waals surface area contributed by atoms with E-state index in [1.807, 2.05) is 0 Å². The number of esters is 6. The van der Waals surface area contributed by atoms with Crippen molar-refractivity contribution in [1.29, 1.82) is 0 Å². The maximum atomic E-state index is 13.6. The van der Waals surface area contributed by atoms with Gasteiger partial charge in [-0.15, -0.1) is 0 Å². The molecule has 448 valence electrons. The van der Waals surface area contributed by atoms with E-state index in [9.17, 15) is 28.8 Å². The topological polar surface area (TPSA) is 213 Å². The van der Waals surface area contributed by atoms with Crippen LogP contribution in [-0.2, 0) is 47.4 Å². The zero-order valence-corrected chi connectivity index (χ0v) is 47.8. The number of hydrogen-bond donors (Lipinski definition) is 0. The van der Waals surface area contributed by atoms with Gasteiger partial charge in [0.15, 0.2) is 0 Å². The summed E-state index contributed by atoms with van der Waals surface area (Å²) in [5.41, 5.74) is 0.895. The molecule has 3 aromatic carbocycles. The van der Waals surface area contributed by atoms with E-state index in [4.69, 9.17) is 56.8 Å². The molecule has 0 atom stereocenters. The van der Waals surface area contributed by atoms with Gasteiger partial charge in [0, 0.05) is 0 Å². The van der Waals surface area contributed by atoms with Crippen molar-refractivity contribution >= 4 is 35.8 Å². The molecule has 83 heavy (non-hydrogen) atoms. The van der Waals surface area contributed by atoms with E-state index in [0.29, 0.717) is 5.56 Å². The van der Waals surface area contributed by atoms with Gasteiger partial charge in [-0.2, -0.15) is 0 Å². The molecule has 4 aliphatic rings. The highest BCUT2D eigenvalue weighted by Crippen LogP contribution is 2.32. The number of rotatable bonds is 30. The third-order valence-corrected chi connectivity index (χ3v) is 15.7. The average molecular weight is 1150 g/mol. The number of carbonyl (C=O) groups excluding carboxylic acids is 6. The van der Waals surface area contributed by atoms with E-state index in [0.717, 1.165) is 103 Å². The fraction of sp³-hybridized carbons (Fsp3) is 0.508. The molecule has 0 radical (unpaired) electrons. The molecule has 7 rings (SSSR count).